The van der Waals surface area contributed by atoms with Gasteiger partial charge < -0.3 is 15.4 Å². The monoisotopic (exact) mass is 313 g/mol. The van der Waals surface area contributed by atoms with Crippen LogP contribution in [0.4, 0.5) is 4.79 Å². The van der Waals surface area contributed by atoms with Crippen molar-refractivity contribution in [3.8, 4) is 5.88 Å². The Hall–Kier alpha value is -1.56. The second-order valence-electron chi connectivity index (χ2n) is 3.49. The summed E-state index contributed by atoms with van der Waals surface area (Å²) in [6.45, 7) is 6.91. The van der Waals surface area contributed by atoms with E-state index in [1.165, 1.54) is 0 Å². The van der Waals surface area contributed by atoms with Crippen LogP contribution in [0.2, 0.25) is 0 Å². The van der Waals surface area contributed by atoms with Gasteiger partial charge in [-0.3, -0.25) is 0 Å². The first-order chi connectivity index (χ1) is 8.61. The minimum atomic E-state index is -0.245. The average Bonchev–Trinajstić information content (AvgIpc) is 2.35. The molecule has 0 aliphatic rings. The number of carbonyl (C=O) groups is 1. The van der Waals surface area contributed by atoms with E-state index >= 15 is 0 Å². The zero-order chi connectivity index (χ0) is 13.4. The Morgan fingerprint density at radius 3 is 3.00 bits per heavy atom. The predicted molar refractivity (Wildman–Crippen MR) is 73.7 cm³/mol. The number of urea groups is 1. The number of rotatable bonds is 6. The molecule has 1 rings (SSSR count). The molecular formula is C12H16BrN3O2. The SMILES string of the molecule is C=C(Br)CNC(=O)NCc1ccnc(OCC)c1. The van der Waals surface area contributed by atoms with Gasteiger partial charge in [0, 0.05) is 23.3 Å². The molecule has 5 nitrogen and oxygen atoms in total. The number of amides is 2. The molecule has 1 heterocycles. The number of halogens is 1. The van der Waals surface area contributed by atoms with Crippen molar-refractivity contribution < 1.29 is 9.53 Å². The van der Waals surface area contributed by atoms with Gasteiger partial charge in [0.1, 0.15) is 0 Å². The summed E-state index contributed by atoms with van der Waals surface area (Å²) in [5.74, 6) is 0.561. The van der Waals surface area contributed by atoms with Crippen molar-refractivity contribution >= 4 is 22.0 Å². The maximum atomic E-state index is 11.4. The van der Waals surface area contributed by atoms with Gasteiger partial charge in [-0.2, -0.15) is 0 Å². The summed E-state index contributed by atoms with van der Waals surface area (Å²) in [6, 6.07) is 3.38. The molecule has 2 N–H and O–H groups in total. The molecule has 0 fully saturated rings. The number of hydrogen-bond acceptors (Lipinski definition) is 3. The number of carbonyl (C=O) groups excluding carboxylic acids is 1. The molecule has 1 aromatic heterocycles. The lowest BCUT2D eigenvalue weighted by molar-refractivity contribution is 0.241. The molecule has 0 unspecified atom stereocenters. The van der Waals surface area contributed by atoms with E-state index in [4.69, 9.17) is 4.74 Å². The summed E-state index contributed by atoms with van der Waals surface area (Å²) >= 11 is 3.16. The van der Waals surface area contributed by atoms with Gasteiger partial charge in [0.25, 0.3) is 0 Å². The number of nitrogens with one attached hydrogen (secondary N) is 2. The lowest BCUT2D eigenvalue weighted by Gasteiger charge is -2.08. The highest BCUT2D eigenvalue weighted by Gasteiger charge is 2.01. The van der Waals surface area contributed by atoms with Crippen LogP contribution in [0.5, 0.6) is 5.88 Å². The molecule has 98 valence electrons. The van der Waals surface area contributed by atoms with Crippen molar-refractivity contribution in [3.05, 3.63) is 35.0 Å². The summed E-state index contributed by atoms with van der Waals surface area (Å²) in [5, 5.41) is 5.38. The quantitative estimate of drug-likeness (QED) is 0.846. The van der Waals surface area contributed by atoms with Crippen molar-refractivity contribution in [3.63, 3.8) is 0 Å². The normalized spacial score (nSPS) is 9.67. The average molecular weight is 314 g/mol. The maximum Gasteiger partial charge on any atom is 0.315 e. The van der Waals surface area contributed by atoms with Crippen LogP contribution in [0.1, 0.15) is 12.5 Å². The third-order valence-electron chi connectivity index (χ3n) is 1.99. The van der Waals surface area contributed by atoms with Crippen LogP contribution in [-0.2, 0) is 6.54 Å². The van der Waals surface area contributed by atoms with Gasteiger partial charge in [0.15, 0.2) is 0 Å². The van der Waals surface area contributed by atoms with Crippen molar-refractivity contribution in [1.29, 1.82) is 0 Å². The van der Waals surface area contributed by atoms with E-state index < -0.39 is 0 Å². The van der Waals surface area contributed by atoms with Gasteiger partial charge in [-0.15, -0.1) is 0 Å². The Morgan fingerprint density at radius 1 is 1.56 bits per heavy atom. The summed E-state index contributed by atoms with van der Waals surface area (Å²) in [4.78, 5) is 15.4. The summed E-state index contributed by atoms with van der Waals surface area (Å²) < 4.78 is 6.00. The molecule has 1 aromatic rings. The van der Waals surface area contributed by atoms with Crippen LogP contribution in [-0.4, -0.2) is 24.2 Å². The Balaban J connectivity index is 2.40. The third-order valence-corrected chi connectivity index (χ3v) is 2.27. The van der Waals surface area contributed by atoms with E-state index in [9.17, 15) is 4.79 Å². The Bertz CT molecular complexity index is 424. The number of nitrogens with zero attached hydrogens (tertiary/aromatic N) is 1. The zero-order valence-corrected chi connectivity index (χ0v) is 11.8. The van der Waals surface area contributed by atoms with E-state index in [0.29, 0.717) is 25.6 Å². The Labute approximate surface area is 115 Å². The molecule has 0 aliphatic carbocycles. The zero-order valence-electron chi connectivity index (χ0n) is 10.2. The van der Waals surface area contributed by atoms with E-state index in [1.54, 1.807) is 12.3 Å². The molecular weight excluding hydrogens is 298 g/mol. The molecule has 0 saturated carbocycles. The summed E-state index contributed by atoms with van der Waals surface area (Å²) in [6.07, 6.45) is 1.65. The standard InChI is InChI=1S/C12H16BrN3O2/c1-3-18-11-6-10(4-5-14-11)8-16-12(17)15-7-9(2)13/h4-6H,2-3,7-8H2,1H3,(H2,15,16,17). The molecule has 0 bridgehead atoms. The van der Waals surface area contributed by atoms with Gasteiger partial charge in [-0.1, -0.05) is 22.5 Å². The van der Waals surface area contributed by atoms with Crippen molar-refractivity contribution in [2.45, 2.75) is 13.5 Å². The van der Waals surface area contributed by atoms with Crippen LogP contribution < -0.4 is 15.4 Å². The topological polar surface area (TPSA) is 63.2 Å². The third kappa shape index (κ3) is 5.67. The van der Waals surface area contributed by atoms with E-state index in [1.807, 2.05) is 13.0 Å². The molecule has 0 aromatic carbocycles. The highest BCUT2D eigenvalue weighted by atomic mass is 79.9. The van der Waals surface area contributed by atoms with E-state index in [2.05, 4.69) is 38.1 Å². The van der Waals surface area contributed by atoms with Gasteiger partial charge >= 0.3 is 6.03 Å². The van der Waals surface area contributed by atoms with Crippen molar-refractivity contribution in [2.75, 3.05) is 13.2 Å². The molecule has 0 radical (unpaired) electrons. The van der Waals surface area contributed by atoms with Crippen LogP contribution >= 0.6 is 15.9 Å². The number of pyridine rings is 1. The van der Waals surface area contributed by atoms with Gasteiger partial charge in [0.05, 0.1) is 13.2 Å². The minimum absolute atomic E-state index is 0.245. The fourth-order valence-corrected chi connectivity index (χ4v) is 1.35. The lowest BCUT2D eigenvalue weighted by Crippen LogP contribution is -2.35. The fourth-order valence-electron chi connectivity index (χ4n) is 1.21. The van der Waals surface area contributed by atoms with E-state index in [-0.39, 0.29) is 6.03 Å². The number of aromatic nitrogens is 1. The van der Waals surface area contributed by atoms with Crippen molar-refractivity contribution in [1.82, 2.24) is 15.6 Å². The predicted octanol–water partition coefficient (Wildman–Crippen LogP) is 2.19. The lowest BCUT2D eigenvalue weighted by atomic mass is 10.2. The van der Waals surface area contributed by atoms with Crippen molar-refractivity contribution in [2.24, 2.45) is 0 Å². The molecule has 0 aliphatic heterocycles. The molecule has 0 saturated heterocycles. The molecule has 0 atom stereocenters. The van der Waals surface area contributed by atoms with Crippen LogP contribution in [0.15, 0.2) is 29.4 Å². The smallest absolute Gasteiger partial charge is 0.315 e. The largest absolute Gasteiger partial charge is 0.478 e. The number of ether oxygens (including phenoxy) is 1. The molecule has 6 heteroatoms. The molecule has 18 heavy (non-hydrogen) atoms. The maximum absolute atomic E-state index is 11.4. The minimum Gasteiger partial charge on any atom is -0.478 e. The number of hydrogen-bond donors (Lipinski definition) is 2. The highest BCUT2D eigenvalue weighted by Crippen LogP contribution is 2.08. The van der Waals surface area contributed by atoms with Gasteiger partial charge in [0.2, 0.25) is 5.88 Å². The summed E-state index contributed by atoms with van der Waals surface area (Å²) in [7, 11) is 0. The Morgan fingerprint density at radius 2 is 2.33 bits per heavy atom. The second kappa shape index (κ2) is 7.71. The highest BCUT2D eigenvalue weighted by molar-refractivity contribution is 9.11. The first kappa shape index (κ1) is 14.5. The first-order valence-corrected chi connectivity index (χ1v) is 6.33. The second-order valence-corrected chi connectivity index (χ2v) is 4.61. The van der Waals surface area contributed by atoms with Gasteiger partial charge in [-0.25, -0.2) is 9.78 Å². The summed E-state index contributed by atoms with van der Waals surface area (Å²) in [5.41, 5.74) is 0.932. The van der Waals surface area contributed by atoms with E-state index in [0.717, 1.165) is 10.0 Å². The van der Waals surface area contributed by atoms with Crippen LogP contribution in [0, 0.1) is 0 Å². The van der Waals surface area contributed by atoms with Gasteiger partial charge in [-0.05, 0) is 18.6 Å². The molecule has 0 spiro atoms. The fraction of sp³-hybridized carbons (Fsp3) is 0.333. The molecule has 2 amide bonds. The Kier molecular flexibility index (Phi) is 6.21. The van der Waals surface area contributed by atoms with Crippen LogP contribution in [0.3, 0.4) is 0 Å². The van der Waals surface area contributed by atoms with Crippen LogP contribution in [0.25, 0.3) is 0 Å². The first-order valence-electron chi connectivity index (χ1n) is 5.54.